The molecule has 4 rings (SSSR count). The number of nitrogens with zero attached hydrogens (tertiary/aromatic N) is 4. The molecule has 0 spiro atoms. The first kappa shape index (κ1) is 22.5. The number of nitrogens with two attached hydrogens (primary N) is 1. The highest BCUT2D eigenvalue weighted by atomic mass is 35.5. The fraction of sp³-hybridized carbons (Fsp3) is 0.304. The Labute approximate surface area is 196 Å². The van der Waals surface area contributed by atoms with Crippen LogP contribution in [0.15, 0.2) is 53.9 Å². The number of fused-ring (bicyclic) bond motifs is 1. The average Bonchev–Trinajstić information content (AvgIpc) is 2.79. The minimum absolute atomic E-state index is 0.0324. The fourth-order valence-electron chi connectivity index (χ4n) is 3.98. The van der Waals surface area contributed by atoms with E-state index >= 15 is 0 Å². The summed E-state index contributed by atoms with van der Waals surface area (Å²) in [7, 11) is 0. The molecule has 1 atom stereocenters. The van der Waals surface area contributed by atoms with Crippen molar-refractivity contribution < 1.29 is 4.79 Å². The number of piperidine rings is 1. The first-order valence-electron chi connectivity index (χ1n) is 10.5. The van der Waals surface area contributed by atoms with Gasteiger partial charge in [-0.05, 0) is 49.6 Å². The van der Waals surface area contributed by atoms with Gasteiger partial charge in [-0.25, -0.2) is 9.78 Å². The average molecular weight is 471 g/mol. The van der Waals surface area contributed by atoms with Crippen LogP contribution in [-0.2, 0) is 6.42 Å². The number of amidine groups is 1. The molecule has 2 aromatic heterocycles. The minimum atomic E-state index is -0.469. The number of rotatable bonds is 5. The lowest BCUT2D eigenvalue weighted by Gasteiger charge is -2.32. The number of aromatic nitrogens is 2. The SMILES string of the molecule is N/C(=N\C(=O)Nc1cccc2cnccc12)C1CCCN(CCc2cnc(Cl)cc2Cl)C1. The number of anilines is 1. The number of benzene rings is 1. The second-order valence-electron chi connectivity index (χ2n) is 7.86. The van der Waals surface area contributed by atoms with Crippen molar-refractivity contribution in [3.8, 4) is 0 Å². The van der Waals surface area contributed by atoms with E-state index in [1.54, 1.807) is 24.7 Å². The number of nitrogens with one attached hydrogen (secondary N) is 1. The van der Waals surface area contributed by atoms with E-state index in [0.29, 0.717) is 21.7 Å². The van der Waals surface area contributed by atoms with E-state index in [2.05, 4.69) is 25.2 Å². The van der Waals surface area contributed by atoms with Gasteiger partial charge in [-0.15, -0.1) is 0 Å². The molecule has 0 bridgehead atoms. The molecule has 0 aliphatic carbocycles. The van der Waals surface area contributed by atoms with E-state index in [4.69, 9.17) is 28.9 Å². The highest BCUT2D eigenvalue weighted by Gasteiger charge is 2.23. The summed E-state index contributed by atoms with van der Waals surface area (Å²) in [4.78, 5) is 27.2. The lowest BCUT2D eigenvalue weighted by atomic mass is 9.96. The van der Waals surface area contributed by atoms with Gasteiger partial charge in [0.15, 0.2) is 0 Å². The smallest absolute Gasteiger partial charge is 0.347 e. The number of likely N-dealkylation sites (tertiary alicyclic amines) is 1. The highest BCUT2D eigenvalue weighted by Crippen LogP contribution is 2.23. The van der Waals surface area contributed by atoms with Crippen molar-refractivity contribution in [2.75, 3.05) is 25.0 Å². The molecule has 9 heteroatoms. The van der Waals surface area contributed by atoms with Crippen molar-refractivity contribution in [1.82, 2.24) is 14.9 Å². The van der Waals surface area contributed by atoms with Crippen molar-refractivity contribution >= 4 is 51.5 Å². The van der Waals surface area contributed by atoms with Crippen LogP contribution in [0.3, 0.4) is 0 Å². The number of aliphatic imine (C=N–C) groups is 1. The van der Waals surface area contributed by atoms with Crippen LogP contribution in [0.1, 0.15) is 18.4 Å². The third-order valence-electron chi connectivity index (χ3n) is 5.67. The topological polar surface area (TPSA) is 96.5 Å². The molecular formula is C23H24Cl2N6O. The van der Waals surface area contributed by atoms with Crippen molar-refractivity contribution in [1.29, 1.82) is 0 Å². The summed E-state index contributed by atoms with van der Waals surface area (Å²) in [5.41, 5.74) is 7.88. The number of carbonyl (C=O) groups is 1. The molecule has 1 fully saturated rings. The van der Waals surface area contributed by atoms with E-state index < -0.39 is 6.03 Å². The summed E-state index contributed by atoms with van der Waals surface area (Å²) in [6.07, 6.45) is 7.83. The quantitative estimate of drug-likeness (QED) is 0.317. The fourth-order valence-corrected chi connectivity index (χ4v) is 4.44. The van der Waals surface area contributed by atoms with Crippen LogP contribution in [0, 0.1) is 5.92 Å². The highest BCUT2D eigenvalue weighted by molar-refractivity contribution is 6.34. The van der Waals surface area contributed by atoms with Gasteiger partial charge >= 0.3 is 6.03 Å². The van der Waals surface area contributed by atoms with Crippen molar-refractivity contribution in [3.63, 3.8) is 0 Å². The molecule has 7 nitrogen and oxygen atoms in total. The Balaban J connectivity index is 1.36. The molecule has 166 valence electrons. The molecule has 1 aromatic carbocycles. The van der Waals surface area contributed by atoms with Gasteiger partial charge in [0.25, 0.3) is 0 Å². The number of amides is 2. The summed E-state index contributed by atoms with van der Waals surface area (Å²) in [5.74, 6) is 0.394. The summed E-state index contributed by atoms with van der Waals surface area (Å²) in [6.45, 7) is 2.54. The summed E-state index contributed by atoms with van der Waals surface area (Å²) < 4.78 is 0. The summed E-state index contributed by atoms with van der Waals surface area (Å²) in [6, 6.07) is 8.70. The number of hydrogen-bond acceptors (Lipinski definition) is 4. The Hall–Kier alpha value is -2.74. The maximum absolute atomic E-state index is 12.5. The molecule has 1 aliphatic heterocycles. The van der Waals surface area contributed by atoms with Crippen LogP contribution >= 0.6 is 23.2 Å². The van der Waals surface area contributed by atoms with Crippen LogP contribution in [0.4, 0.5) is 10.5 Å². The predicted molar refractivity (Wildman–Crippen MR) is 130 cm³/mol. The Morgan fingerprint density at radius 1 is 1.28 bits per heavy atom. The molecule has 3 N–H and O–H groups in total. The van der Waals surface area contributed by atoms with E-state index in [0.717, 1.165) is 55.2 Å². The maximum Gasteiger partial charge on any atom is 0.347 e. The van der Waals surface area contributed by atoms with Crippen molar-refractivity contribution in [2.45, 2.75) is 19.3 Å². The molecule has 3 heterocycles. The number of halogens is 2. The molecule has 0 radical (unpaired) electrons. The van der Waals surface area contributed by atoms with Gasteiger partial charge in [-0.2, -0.15) is 4.99 Å². The van der Waals surface area contributed by atoms with Crippen LogP contribution < -0.4 is 11.1 Å². The Kier molecular flexibility index (Phi) is 7.19. The van der Waals surface area contributed by atoms with Crippen LogP contribution in [0.25, 0.3) is 10.8 Å². The minimum Gasteiger partial charge on any atom is -0.387 e. The molecule has 2 amide bonds. The third-order valence-corrected chi connectivity index (χ3v) is 6.23. The van der Waals surface area contributed by atoms with Crippen molar-refractivity contribution in [2.24, 2.45) is 16.6 Å². The Bertz CT molecular complexity index is 1150. The third kappa shape index (κ3) is 5.54. The van der Waals surface area contributed by atoms with E-state index in [1.807, 2.05) is 24.3 Å². The Morgan fingerprint density at radius 3 is 3.00 bits per heavy atom. The van der Waals surface area contributed by atoms with Crippen LogP contribution in [-0.4, -0.2) is 46.4 Å². The first-order valence-corrected chi connectivity index (χ1v) is 11.3. The van der Waals surface area contributed by atoms with Crippen LogP contribution in [0.5, 0.6) is 0 Å². The monoisotopic (exact) mass is 470 g/mol. The van der Waals surface area contributed by atoms with Gasteiger partial charge < -0.3 is 16.0 Å². The van der Waals surface area contributed by atoms with Gasteiger partial charge in [0.2, 0.25) is 0 Å². The lowest BCUT2D eigenvalue weighted by Crippen LogP contribution is -2.42. The molecular weight excluding hydrogens is 447 g/mol. The number of hydrogen-bond donors (Lipinski definition) is 2. The van der Waals surface area contributed by atoms with Crippen LogP contribution in [0.2, 0.25) is 10.2 Å². The second kappa shape index (κ2) is 10.3. The maximum atomic E-state index is 12.5. The molecule has 1 aliphatic rings. The zero-order valence-corrected chi connectivity index (χ0v) is 19.0. The normalized spacial score (nSPS) is 17.4. The predicted octanol–water partition coefficient (Wildman–Crippen LogP) is 4.78. The van der Waals surface area contributed by atoms with Gasteiger partial charge in [-0.1, -0.05) is 35.3 Å². The standard InChI is InChI=1S/C23H24Cl2N6O/c24-19-11-21(25)28-13-16(19)7-10-31-9-2-4-17(14-31)22(26)30-23(32)29-20-5-1-3-15-12-27-8-6-18(15)20/h1,3,5-6,8,11-13,17H,2,4,7,9-10,14H2,(H3,26,29,30,32). The molecule has 1 unspecified atom stereocenters. The molecule has 32 heavy (non-hydrogen) atoms. The van der Waals surface area contributed by atoms with Gasteiger partial charge in [0, 0.05) is 53.4 Å². The Morgan fingerprint density at radius 2 is 2.16 bits per heavy atom. The lowest BCUT2D eigenvalue weighted by molar-refractivity contribution is 0.206. The first-order chi connectivity index (χ1) is 15.5. The molecule has 0 saturated carbocycles. The van der Waals surface area contributed by atoms with E-state index in [1.165, 1.54) is 0 Å². The molecule has 3 aromatic rings. The van der Waals surface area contributed by atoms with E-state index in [9.17, 15) is 4.79 Å². The number of pyridine rings is 2. The van der Waals surface area contributed by atoms with Gasteiger partial charge in [0.05, 0.1) is 5.69 Å². The zero-order valence-electron chi connectivity index (χ0n) is 17.5. The number of carbonyl (C=O) groups excluding carboxylic acids is 1. The number of urea groups is 1. The van der Waals surface area contributed by atoms with Gasteiger partial charge in [0.1, 0.15) is 11.0 Å². The van der Waals surface area contributed by atoms with Gasteiger partial charge in [-0.3, -0.25) is 4.98 Å². The van der Waals surface area contributed by atoms with E-state index in [-0.39, 0.29) is 5.92 Å². The summed E-state index contributed by atoms with van der Waals surface area (Å²) in [5, 5.41) is 5.71. The second-order valence-corrected chi connectivity index (χ2v) is 8.65. The molecule has 1 saturated heterocycles. The largest absolute Gasteiger partial charge is 0.387 e. The van der Waals surface area contributed by atoms with Crippen molar-refractivity contribution in [3.05, 3.63) is 64.7 Å². The zero-order chi connectivity index (χ0) is 22.5. The summed E-state index contributed by atoms with van der Waals surface area (Å²) >= 11 is 12.1.